The highest BCUT2D eigenvalue weighted by atomic mass is 35.5. The van der Waals surface area contributed by atoms with Crippen LogP contribution in [0, 0.1) is 0 Å². The standard InChI is InChI=1S/C14H9Cl3F3N/c15-10-3-1-8(11(16)6-10)2-4-13-12(17)5-9(7-21-13)14(18,19)20/h1,3,5-7H,2,4H2. The lowest BCUT2D eigenvalue weighted by molar-refractivity contribution is -0.137. The molecule has 0 aliphatic carbocycles. The summed E-state index contributed by atoms with van der Waals surface area (Å²) in [5, 5.41) is 1.02. The number of aryl methyl sites for hydroxylation is 2. The van der Waals surface area contributed by atoms with Gasteiger partial charge in [0.2, 0.25) is 0 Å². The third-order valence-electron chi connectivity index (χ3n) is 2.89. The lowest BCUT2D eigenvalue weighted by Crippen LogP contribution is -2.07. The van der Waals surface area contributed by atoms with Crippen molar-refractivity contribution in [3.05, 3.63) is 62.4 Å². The van der Waals surface area contributed by atoms with Gasteiger partial charge in [-0.1, -0.05) is 40.9 Å². The third-order valence-corrected chi connectivity index (χ3v) is 3.81. The smallest absolute Gasteiger partial charge is 0.259 e. The molecule has 0 bridgehead atoms. The first-order chi connectivity index (χ1) is 9.77. The highest BCUT2D eigenvalue weighted by molar-refractivity contribution is 6.35. The Balaban J connectivity index is 2.13. The van der Waals surface area contributed by atoms with Crippen molar-refractivity contribution < 1.29 is 13.2 Å². The zero-order valence-corrected chi connectivity index (χ0v) is 12.8. The van der Waals surface area contributed by atoms with Crippen LogP contribution in [0.5, 0.6) is 0 Å². The van der Waals surface area contributed by atoms with Crippen LogP contribution in [0.3, 0.4) is 0 Å². The molecule has 1 heterocycles. The van der Waals surface area contributed by atoms with E-state index in [0.29, 0.717) is 28.6 Å². The summed E-state index contributed by atoms with van der Waals surface area (Å²) in [6.45, 7) is 0. The maximum atomic E-state index is 12.5. The number of nitrogens with zero attached hydrogens (tertiary/aromatic N) is 1. The molecular weight excluding hydrogens is 346 g/mol. The Morgan fingerprint density at radius 3 is 2.24 bits per heavy atom. The largest absolute Gasteiger partial charge is 0.417 e. The summed E-state index contributed by atoms with van der Waals surface area (Å²) in [7, 11) is 0. The van der Waals surface area contributed by atoms with Gasteiger partial charge in [0.15, 0.2) is 0 Å². The van der Waals surface area contributed by atoms with Crippen molar-refractivity contribution in [2.75, 3.05) is 0 Å². The summed E-state index contributed by atoms with van der Waals surface area (Å²) in [6, 6.07) is 5.96. The van der Waals surface area contributed by atoms with Crippen molar-refractivity contribution in [2.45, 2.75) is 19.0 Å². The summed E-state index contributed by atoms with van der Waals surface area (Å²) in [5.74, 6) is 0. The molecule has 0 saturated heterocycles. The van der Waals surface area contributed by atoms with Gasteiger partial charge in [-0.2, -0.15) is 13.2 Å². The van der Waals surface area contributed by atoms with E-state index in [1.807, 2.05) is 0 Å². The monoisotopic (exact) mass is 353 g/mol. The Hall–Kier alpha value is -0.970. The van der Waals surface area contributed by atoms with Crippen LogP contribution in [0.1, 0.15) is 16.8 Å². The highest BCUT2D eigenvalue weighted by Gasteiger charge is 2.31. The van der Waals surface area contributed by atoms with E-state index in [1.165, 1.54) is 0 Å². The first-order valence-electron chi connectivity index (χ1n) is 5.93. The Labute approximate surface area is 134 Å². The van der Waals surface area contributed by atoms with Gasteiger partial charge in [0, 0.05) is 16.2 Å². The predicted octanol–water partition coefficient (Wildman–Crippen LogP) is 5.85. The predicted molar refractivity (Wildman–Crippen MR) is 78.1 cm³/mol. The quantitative estimate of drug-likeness (QED) is 0.674. The molecule has 2 aromatic rings. The summed E-state index contributed by atoms with van der Waals surface area (Å²) in [6.07, 6.45) is -2.77. The molecule has 0 aliphatic rings. The Bertz CT molecular complexity index is 656. The number of halogens is 6. The number of aromatic nitrogens is 1. The maximum absolute atomic E-state index is 12.5. The van der Waals surface area contributed by atoms with Gasteiger partial charge < -0.3 is 0 Å². The molecule has 0 spiro atoms. The minimum atomic E-state index is -4.45. The van der Waals surface area contributed by atoms with Crippen LogP contribution in [0.4, 0.5) is 13.2 Å². The van der Waals surface area contributed by atoms with Crippen LogP contribution in [0.15, 0.2) is 30.5 Å². The molecule has 0 atom stereocenters. The normalized spacial score (nSPS) is 11.7. The summed E-state index contributed by atoms with van der Waals surface area (Å²) >= 11 is 17.7. The van der Waals surface area contributed by atoms with Gasteiger partial charge >= 0.3 is 6.18 Å². The van der Waals surface area contributed by atoms with E-state index in [-0.39, 0.29) is 5.02 Å². The van der Waals surface area contributed by atoms with Gasteiger partial charge in [-0.15, -0.1) is 0 Å². The fourth-order valence-electron chi connectivity index (χ4n) is 1.78. The van der Waals surface area contributed by atoms with E-state index in [9.17, 15) is 13.2 Å². The van der Waals surface area contributed by atoms with E-state index in [4.69, 9.17) is 34.8 Å². The lowest BCUT2D eigenvalue weighted by Gasteiger charge is -2.09. The minimum Gasteiger partial charge on any atom is -0.259 e. The summed E-state index contributed by atoms with van der Waals surface area (Å²) in [5.41, 5.74) is 0.371. The van der Waals surface area contributed by atoms with Crippen LogP contribution in [-0.4, -0.2) is 4.98 Å². The molecule has 0 aliphatic heterocycles. The second-order valence-electron chi connectivity index (χ2n) is 4.39. The van der Waals surface area contributed by atoms with Crippen molar-refractivity contribution in [2.24, 2.45) is 0 Å². The number of rotatable bonds is 3. The van der Waals surface area contributed by atoms with Gasteiger partial charge in [0.05, 0.1) is 16.3 Å². The van der Waals surface area contributed by atoms with E-state index in [1.54, 1.807) is 18.2 Å². The molecule has 0 fully saturated rings. The molecule has 1 nitrogen and oxygen atoms in total. The minimum absolute atomic E-state index is 0.00471. The SMILES string of the molecule is FC(F)(F)c1cnc(CCc2ccc(Cl)cc2Cl)c(Cl)c1. The maximum Gasteiger partial charge on any atom is 0.417 e. The second-order valence-corrected chi connectivity index (χ2v) is 5.64. The molecule has 1 aromatic carbocycles. The van der Waals surface area contributed by atoms with Gasteiger partial charge in [0.1, 0.15) is 0 Å². The van der Waals surface area contributed by atoms with Gasteiger partial charge in [-0.3, -0.25) is 4.98 Å². The fourth-order valence-corrected chi connectivity index (χ4v) is 2.55. The highest BCUT2D eigenvalue weighted by Crippen LogP contribution is 2.31. The molecule has 0 unspecified atom stereocenters. The molecule has 1 aromatic heterocycles. The Morgan fingerprint density at radius 2 is 1.67 bits per heavy atom. The number of hydrogen-bond donors (Lipinski definition) is 0. The first kappa shape index (κ1) is 16.4. The molecule has 0 radical (unpaired) electrons. The van der Waals surface area contributed by atoms with Gasteiger partial charge in [-0.05, 0) is 36.6 Å². The van der Waals surface area contributed by atoms with Crippen molar-refractivity contribution in [1.29, 1.82) is 0 Å². The molecule has 2 rings (SSSR count). The number of benzene rings is 1. The lowest BCUT2D eigenvalue weighted by atomic mass is 10.1. The summed E-state index contributed by atoms with van der Waals surface area (Å²) in [4.78, 5) is 3.79. The molecular formula is C14H9Cl3F3N. The van der Waals surface area contributed by atoms with E-state index >= 15 is 0 Å². The number of alkyl halides is 3. The van der Waals surface area contributed by atoms with Crippen LogP contribution >= 0.6 is 34.8 Å². The zero-order chi connectivity index (χ0) is 15.6. The molecule has 21 heavy (non-hydrogen) atoms. The molecule has 0 saturated carbocycles. The van der Waals surface area contributed by atoms with Crippen LogP contribution in [0.2, 0.25) is 15.1 Å². The van der Waals surface area contributed by atoms with E-state index < -0.39 is 11.7 Å². The number of pyridine rings is 1. The van der Waals surface area contributed by atoms with Crippen molar-refractivity contribution in [3.63, 3.8) is 0 Å². The average molecular weight is 355 g/mol. The van der Waals surface area contributed by atoms with Crippen LogP contribution in [-0.2, 0) is 19.0 Å². The second kappa shape index (κ2) is 6.42. The molecule has 7 heteroatoms. The van der Waals surface area contributed by atoms with Crippen LogP contribution < -0.4 is 0 Å². The van der Waals surface area contributed by atoms with Crippen molar-refractivity contribution in [1.82, 2.24) is 4.98 Å². The van der Waals surface area contributed by atoms with Gasteiger partial charge in [-0.25, -0.2) is 0 Å². The van der Waals surface area contributed by atoms with E-state index in [0.717, 1.165) is 17.8 Å². The Morgan fingerprint density at radius 1 is 0.952 bits per heavy atom. The van der Waals surface area contributed by atoms with Crippen molar-refractivity contribution >= 4 is 34.8 Å². The average Bonchev–Trinajstić information content (AvgIpc) is 2.38. The topological polar surface area (TPSA) is 12.9 Å². The van der Waals surface area contributed by atoms with Crippen LogP contribution in [0.25, 0.3) is 0 Å². The molecule has 112 valence electrons. The number of hydrogen-bond acceptors (Lipinski definition) is 1. The van der Waals surface area contributed by atoms with Gasteiger partial charge in [0.25, 0.3) is 0 Å². The molecule has 0 N–H and O–H groups in total. The molecule has 0 amide bonds. The first-order valence-corrected chi connectivity index (χ1v) is 7.06. The summed E-state index contributed by atoms with van der Waals surface area (Å²) < 4.78 is 37.5. The zero-order valence-electron chi connectivity index (χ0n) is 10.5. The van der Waals surface area contributed by atoms with Crippen molar-refractivity contribution in [3.8, 4) is 0 Å². The Kier molecular flexibility index (Phi) is 5.02. The fraction of sp³-hybridized carbons (Fsp3) is 0.214. The third kappa shape index (κ3) is 4.25. The van der Waals surface area contributed by atoms with E-state index in [2.05, 4.69) is 4.98 Å².